The number of aliphatic hydroxyl groups is 1. The minimum atomic E-state index is -0.359. The van der Waals surface area contributed by atoms with Crippen LogP contribution in [0.4, 0.5) is 11.4 Å². The van der Waals surface area contributed by atoms with Gasteiger partial charge in [0.15, 0.2) is 0 Å². The van der Waals surface area contributed by atoms with Crippen molar-refractivity contribution in [3.8, 4) is 0 Å². The second-order valence-corrected chi connectivity index (χ2v) is 4.93. The van der Waals surface area contributed by atoms with Crippen LogP contribution in [0.15, 0.2) is 48.5 Å². The van der Waals surface area contributed by atoms with Crippen molar-refractivity contribution < 1.29 is 9.90 Å². The highest BCUT2D eigenvalue weighted by Crippen LogP contribution is 2.14. The molecule has 0 radical (unpaired) electrons. The first kappa shape index (κ1) is 14.9. The Kier molecular flexibility index (Phi) is 4.79. The van der Waals surface area contributed by atoms with Gasteiger partial charge in [0, 0.05) is 16.9 Å². The van der Waals surface area contributed by atoms with E-state index in [1.165, 1.54) is 0 Å². The summed E-state index contributed by atoms with van der Waals surface area (Å²) in [6.45, 7) is -0.140. The summed E-state index contributed by atoms with van der Waals surface area (Å²) in [6, 6.07) is 14.0. The molecule has 6 N–H and O–H groups in total. The van der Waals surface area contributed by atoms with Gasteiger partial charge in [-0.3, -0.25) is 4.79 Å². The molecule has 5 nitrogen and oxygen atoms in total. The molecule has 0 unspecified atom stereocenters. The van der Waals surface area contributed by atoms with Gasteiger partial charge in [0.25, 0.3) is 5.91 Å². The second-order valence-electron chi connectivity index (χ2n) is 4.93. The van der Waals surface area contributed by atoms with Crippen LogP contribution in [0.1, 0.15) is 15.9 Å². The van der Waals surface area contributed by atoms with Crippen molar-refractivity contribution in [3.05, 3.63) is 59.7 Å². The number of anilines is 2. The summed E-state index contributed by atoms with van der Waals surface area (Å²) in [6.07, 6.45) is 0.556. The highest BCUT2D eigenvalue weighted by atomic mass is 16.3. The minimum Gasteiger partial charge on any atom is -0.399 e. The van der Waals surface area contributed by atoms with Crippen molar-refractivity contribution in [2.45, 2.75) is 12.5 Å². The number of benzene rings is 2. The SMILES string of the molecule is Nc1cc(N)cc(C(=O)N[C@@H](CO)Cc2ccccc2)c1. The molecule has 0 aliphatic heterocycles. The predicted octanol–water partition coefficient (Wildman–Crippen LogP) is 1.18. The van der Waals surface area contributed by atoms with Crippen LogP contribution in [-0.2, 0) is 6.42 Å². The zero-order valence-corrected chi connectivity index (χ0v) is 11.6. The lowest BCUT2D eigenvalue weighted by Gasteiger charge is -2.17. The van der Waals surface area contributed by atoms with Gasteiger partial charge in [0.1, 0.15) is 0 Å². The zero-order chi connectivity index (χ0) is 15.2. The Morgan fingerprint density at radius 1 is 1.10 bits per heavy atom. The Balaban J connectivity index is 2.05. The number of hydrogen-bond donors (Lipinski definition) is 4. The molecule has 21 heavy (non-hydrogen) atoms. The lowest BCUT2D eigenvalue weighted by molar-refractivity contribution is 0.0916. The molecular formula is C16H19N3O2. The summed E-state index contributed by atoms with van der Waals surface area (Å²) >= 11 is 0. The summed E-state index contributed by atoms with van der Waals surface area (Å²) in [7, 11) is 0. The largest absolute Gasteiger partial charge is 0.399 e. The van der Waals surface area contributed by atoms with Gasteiger partial charge in [-0.15, -0.1) is 0 Å². The molecular weight excluding hydrogens is 266 g/mol. The van der Waals surface area contributed by atoms with Gasteiger partial charge in [0.2, 0.25) is 0 Å². The summed E-state index contributed by atoms with van der Waals surface area (Å²) in [5.41, 5.74) is 13.7. The fourth-order valence-corrected chi connectivity index (χ4v) is 2.14. The molecule has 1 amide bonds. The maximum Gasteiger partial charge on any atom is 0.251 e. The standard InChI is InChI=1S/C16H19N3O2/c17-13-7-12(8-14(18)9-13)16(21)19-15(10-20)6-11-4-2-1-3-5-11/h1-5,7-9,15,20H,6,10,17-18H2,(H,19,21)/t15-/m1/s1. The lowest BCUT2D eigenvalue weighted by atomic mass is 10.1. The number of nitrogen functional groups attached to an aromatic ring is 2. The third kappa shape index (κ3) is 4.22. The van der Waals surface area contributed by atoms with Crippen LogP contribution in [-0.4, -0.2) is 23.7 Å². The number of carbonyl (C=O) groups is 1. The quantitative estimate of drug-likeness (QED) is 0.620. The average Bonchev–Trinajstić information content (AvgIpc) is 2.46. The van der Waals surface area contributed by atoms with E-state index in [0.29, 0.717) is 23.4 Å². The van der Waals surface area contributed by atoms with E-state index < -0.39 is 0 Å². The first-order chi connectivity index (χ1) is 10.1. The van der Waals surface area contributed by atoms with Crippen LogP contribution in [0, 0.1) is 0 Å². The Labute approximate surface area is 123 Å². The minimum absolute atomic E-state index is 0.140. The number of aliphatic hydroxyl groups excluding tert-OH is 1. The van der Waals surface area contributed by atoms with Crippen LogP contribution < -0.4 is 16.8 Å². The molecule has 0 saturated carbocycles. The Morgan fingerprint density at radius 2 is 1.71 bits per heavy atom. The van der Waals surface area contributed by atoms with E-state index in [9.17, 15) is 9.90 Å². The summed E-state index contributed by atoms with van der Waals surface area (Å²) in [5.74, 6) is -0.302. The topological polar surface area (TPSA) is 101 Å². The maximum absolute atomic E-state index is 12.2. The van der Waals surface area contributed by atoms with Gasteiger partial charge < -0.3 is 21.9 Å². The van der Waals surface area contributed by atoms with Crippen molar-refractivity contribution in [2.75, 3.05) is 18.1 Å². The van der Waals surface area contributed by atoms with Crippen LogP contribution in [0.5, 0.6) is 0 Å². The Bertz CT molecular complexity index is 594. The van der Waals surface area contributed by atoms with Crippen LogP contribution in [0.2, 0.25) is 0 Å². The Hall–Kier alpha value is -2.53. The van der Waals surface area contributed by atoms with Gasteiger partial charge in [-0.1, -0.05) is 30.3 Å². The van der Waals surface area contributed by atoms with E-state index in [1.807, 2.05) is 30.3 Å². The number of carbonyl (C=O) groups excluding carboxylic acids is 1. The number of nitrogens with two attached hydrogens (primary N) is 2. The lowest BCUT2D eigenvalue weighted by Crippen LogP contribution is -2.39. The molecule has 0 aliphatic rings. The van der Waals surface area contributed by atoms with Gasteiger partial charge in [-0.05, 0) is 30.2 Å². The van der Waals surface area contributed by atoms with E-state index >= 15 is 0 Å². The molecule has 0 aliphatic carbocycles. The average molecular weight is 285 g/mol. The smallest absolute Gasteiger partial charge is 0.251 e. The van der Waals surface area contributed by atoms with Crippen molar-refractivity contribution in [2.24, 2.45) is 0 Å². The summed E-state index contributed by atoms with van der Waals surface area (Å²) < 4.78 is 0. The molecule has 2 aromatic rings. The molecule has 2 rings (SSSR count). The summed E-state index contributed by atoms with van der Waals surface area (Å²) in [5, 5.41) is 12.2. The van der Waals surface area contributed by atoms with Gasteiger partial charge in [-0.2, -0.15) is 0 Å². The molecule has 110 valence electrons. The zero-order valence-electron chi connectivity index (χ0n) is 11.6. The van der Waals surface area contributed by atoms with Crippen molar-refractivity contribution in [3.63, 3.8) is 0 Å². The first-order valence-corrected chi connectivity index (χ1v) is 6.70. The second kappa shape index (κ2) is 6.76. The molecule has 0 spiro atoms. The van der Waals surface area contributed by atoms with E-state index in [0.717, 1.165) is 5.56 Å². The number of amides is 1. The molecule has 0 heterocycles. The van der Waals surface area contributed by atoms with Crippen LogP contribution in [0.3, 0.4) is 0 Å². The number of nitrogens with one attached hydrogen (secondary N) is 1. The fraction of sp³-hybridized carbons (Fsp3) is 0.188. The monoisotopic (exact) mass is 285 g/mol. The van der Waals surface area contributed by atoms with Gasteiger partial charge in [-0.25, -0.2) is 0 Å². The third-order valence-corrected chi connectivity index (χ3v) is 3.12. The van der Waals surface area contributed by atoms with E-state index in [4.69, 9.17) is 11.5 Å². The normalized spacial score (nSPS) is 11.9. The van der Waals surface area contributed by atoms with E-state index in [2.05, 4.69) is 5.32 Å². The number of hydrogen-bond acceptors (Lipinski definition) is 4. The molecule has 0 bridgehead atoms. The molecule has 5 heteroatoms. The number of rotatable bonds is 5. The van der Waals surface area contributed by atoms with Crippen molar-refractivity contribution >= 4 is 17.3 Å². The van der Waals surface area contributed by atoms with Crippen molar-refractivity contribution in [1.29, 1.82) is 0 Å². The highest BCUT2D eigenvalue weighted by Gasteiger charge is 2.14. The van der Waals surface area contributed by atoms with Gasteiger partial charge >= 0.3 is 0 Å². The first-order valence-electron chi connectivity index (χ1n) is 6.70. The highest BCUT2D eigenvalue weighted by molar-refractivity contribution is 5.96. The fourth-order valence-electron chi connectivity index (χ4n) is 2.14. The third-order valence-electron chi connectivity index (χ3n) is 3.12. The Morgan fingerprint density at radius 3 is 2.29 bits per heavy atom. The summed E-state index contributed by atoms with van der Waals surface area (Å²) in [4.78, 5) is 12.2. The molecule has 0 saturated heterocycles. The van der Waals surface area contributed by atoms with E-state index in [1.54, 1.807) is 18.2 Å². The predicted molar refractivity (Wildman–Crippen MR) is 83.8 cm³/mol. The molecule has 2 aromatic carbocycles. The van der Waals surface area contributed by atoms with E-state index in [-0.39, 0.29) is 18.6 Å². The van der Waals surface area contributed by atoms with Crippen LogP contribution in [0.25, 0.3) is 0 Å². The van der Waals surface area contributed by atoms with Gasteiger partial charge in [0.05, 0.1) is 12.6 Å². The maximum atomic E-state index is 12.2. The molecule has 1 atom stereocenters. The van der Waals surface area contributed by atoms with Crippen LogP contribution >= 0.6 is 0 Å². The molecule has 0 fully saturated rings. The van der Waals surface area contributed by atoms with Crippen molar-refractivity contribution in [1.82, 2.24) is 5.32 Å². The molecule has 0 aromatic heterocycles.